The Morgan fingerprint density at radius 1 is 1.30 bits per heavy atom. The Balaban J connectivity index is 1.28. The third-order valence-corrected chi connectivity index (χ3v) is 4.71. The van der Waals surface area contributed by atoms with Crippen LogP contribution in [0.1, 0.15) is 31.5 Å². The lowest BCUT2D eigenvalue weighted by Crippen LogP contribution is -2.41. The number of anilines is 1. The van der Waals surface area contributed by atoms with Crippen LogP contribution in [0.5, 0.6) is 0 Å². The van der Waals surface area contributed by atoms with Crippen LogP contribution in [0.4, 0.5) is 5.82 Å². The van der Waals surface area contributed by atoms with E-state index in [1.54, 1.807) is 6.92 Å². The minimum absolute atomic E-state index is 0.139. The molecular weight excluding hydrogens is 344 g/mol. The zero-order valence-corrected chi connectivity index (χ0v) is 14.8. The molecule has 2 heterocycles. The average Bonchev–Trinajstić information content (AvgIpc) is 3.28. The van der Waals surface area contributed by atoms with Gasteiger partial charge in [-0.15, -0.1) is 0 Å². The molecule has 2 amide bonds. The van der Waals surface area contributed by atoms with Crippen molar-refractivity contribution in [3.05, 3.63) is 48.7 Å². The van der Waals surface area contributed by atoms with Crippen molar-refractivity contribution in [2.45, 2.75) is 31.7 Å². The van der Waals surface area contributed by atoms with Crippen LogP contribution in [-0.4, -0.2) is 37.8 Å². The number of fused-ring (bicyclic) bond motifs is 1. The van der Waals surface area contributed by atoms with E-state index in [2.05, 4.69) is 30.6 Å². The van der Waals surface area contributed by atoms with Gasteiger partial charge in [0.1, 0.15) is 11.9 Å². The Hall–Kier alpha value is -3.29. The lowest BCUT2D eigenvalue weighted by Gasteiger charge is -2.13. The Kier molecular flexibility index (Phi) is 4.53. The van der Waals surface area contributed by atoms with E-state index in [4.69, 9.17) is 0 Å². The van der Waals surface area contributed by atoms with Gasteiger partial charge in [0, 0.05) is 24.7 Å². The van der Waals surface area contributed by atoms with Gasteiger partial charge in [0.25, 0.3) is 0 Å². The van der Waals surface area contributed by atoms with Crippen molar-refractivity contribution in [3.63, 3.8) is 0 Å². The van der Waals surface area contributed by atoms with Crippen molar-refractivity contribution in [1.82, 2.24) is 25.3 Å². The predicted molar refractivity (Wildman–Crippen MR) is 99.8 cm³/mol. The summed E-state index contributed by atoms with van der Waals surface area (Å²) >= 11 is 0. The van der Waals surface area contributed by atoms with Gasteiger partial charge in [-0.3, -0.25) is 14.6 Å². The number of carbonyl (C=O) groups is 2. The Morgan fingerprint density at radius 3 is 2.93 bits per heavy atom. The number of H-pyrrole nitrogens is 1. The number of hydrogen-bond donors (Lipinski definition) is 3. The normalized spacial score (nSPS) is 19.4. The van der Waals surface area contributed by atoms with E-state index >= 15 is 0 Å². The highest BCUT2D eigenvalue weighted by atomic mass is 16.2. The first-order chi connectivity index (χ1) is 13.1. The van der Waals surface area contributed by atoms with Crippen LogP contribution < -0.4 is 10.6 Å². The number of rotatable bonds is 6. The zero-order chi connectivity index (χ0) is 18.8. The molecule has 3 N–H and O–H groups in total. The third kappa shape index (κ3) is 3.94. The van der Waals surface area contributed by atoms with Gasteiger partial charge >= 0.3 is 0 Å². The number of imidazole rings is 1. The van der Waals surface area contributed by atoms with Gasteiger partial charge in [-0.2, -0.15) is 0 Å². The van der Waals surface area contributed by atoms with Gasteiger partial charge in [-0.1, -0.05) is 12.1 Å². The number of hydrogen-bond acceptors (Lipinski definition) is 5. The summed E-state index contributed by atoms with van der Waals surface area (Å²) in [5.41, 5.74) is 1.95. The van der Waals surface area contributed by atoms with Crippen molar-refractivity contribution < 1.29 is 9.59 Å². The summed E-state index contributed by atoms with van der Waals surface area (Å²) in [4.78, 5) is 40.2. The van der Waals surface area contributed by atoms with E-state index in [1.165, 1.54) is 18.6 Å². The fourth-order valence-corrected chi connectivity index (χ4v) is 3.16. The summed E-state index contributed by atoms with van der Waals surface area (Å²) in [7, 11) is 0. The molecule has 3 aromatic rings. The molecule has 4 rings (SSSR count). The number of para-hydroxylation sites is 2. The average molecular weight is 364 g/mol. The van der Waals surface area contributed by atoms with E-state index in [9.17, 15) is 9.59 Å². The van der Waals surface area contributed by atoms with Gasteiger partial charge in [0.2, 0.25) is 11.8 Å². The van der Waals surface area contributed by atoms with Crippen molar-refractivity contribution in [2.75, 3.05) is 5.32 Å². The molecule has 0 radical (unpaired) electrons. The molecule has 3 atom stereocenters. The summed E-state index contributed by atoms with van der Waals surface area (Å²) in [5.74, 6) is 1.35. The van der Waals surface area contributed by atoms with Gasteiger partial charge in [-0.05, 0) is 31.4 Å². The smallest absolute Gasteiger partial charge is 0.247 e. The molecule has 8 heteroatoms. The number of carbonyl (C=O) groups excluding carboxylic acids is 2. The number of benzene rings is 1. The van der Waals surface area contributed by atoms with Crippen LogP contribution >= 0.6 is 0 Å². The van der Waals surface area contributed by atoms with Gasteiger partial charge in [0.15, 0.2) is 5.82 Å². The summed E-state index contributed by atoms with van der Waals surface area (Å²) in [6.07, 6.45) is 5.77. The SMILES string of the molecule is C[C@H](NC(=O)C[C@@H]1C[C@@H]1c1nc2ccccc2[nH]1)C(=O)Nc1cnccn1. The highest BCUT2D eigenvalue weighted by Crippen LogP contribution is 2.48. The first-order valence-corrected chi connectivity index (χ1v) is 8.91. The molecule has 0 aliphatic heterocycles. The highest BCUT2D eigenvalue weighted by Gasteiger charge is 2.42. The first-order valence-electron chi connectivity index (χ1n) is 8.91. The molecule has 2 aromatic heterocycles. The minimum atomic E-state index is -0.650. The molecule has 1 aromatic carbocycles. The molecule has 1 aliphatic rings. The molecule has 0 bridgehead atoms. The molecule has 8 nitrogen and oxygen atoms in total. The van der Waals surface area contributed by atoms with Crippen LogP contribution in [0.25, 0.3) is 11.0 Å². The van der Waals surface area contributed by atoms with Crippen LogP contribution in [0.3, 0.4) is 0 Å². The number of amides is 2. The van der Waals surface area contributed by atoms with Crippen molar-refractivity contribution in [2.24, 2.45) is 5.92 Å². The lowest BCUT2D eigenvalue weighted by molar-refractivity contribution is -0.126. The summed E-state index contributed by atoms with van der Waals surface area (Å²) in [6, 6.07) is 7.24. The second-order valence-corrected chi connectivity index (χ2v) is 6.81. The molecule has 0 unspecified atom stereocenters. The van der Waals surface area contributed by atoms with E-state index < -0.39 is 6.04 Å². The summed E-state index contributed by atoms with van der Waals surface area (Å²) < 4.78 is 0. The zero-order valence-electron chi connectivity index (χ0n) is 14.8. The second kappa shape index (κ2) is 7.14. The second-order valence-electron chi connectivity index (χ2n) is 6.81. The standard InChI is InChI=1S/C19H20N6O2/c1-11(19(27)25-16-10-20-6-7-21-16)22-17(26)9-12-8-13(12)18-23-14-4-2-3-5-15(14)24-18/h2-7,10-13H,8-9H2,1H3,(H,22,26)(H,23,24)(H,21,25,27)/t11-,12-,13-/m0/s1. The largest absolute Gasteiger partial charge is 0.345 e. The van der Waals surface area contributed by atoms with Crippen molar-refractivity contribution in [3.8, 4) is 0 Å². The van der Waals surface area contributed by atoms with Gasteiger partial charge in [-0.25, -0.2) is 9.97 Å². The number of aromatic amines is 1. The quantitative estimate of drug-likeness (QED) is 0.619. The molecule has 1 saturated carbocycles. The van der Waals surface area contributed by atoms with Crippen LogP contribution in [0.15, 0.2) is 42.9 Å². The maximum Gasteiger partial charge on any atom is 0.247 e. The number of nitrogens with zero attached hydrogens (tertiary/aromatic N) is 3. The van der Waals surface area contributed by atoms with Crippen LogP contribution in [0.2, 0.25) is 0 Å². The Morgan fingerprint density at radius 2 is 2.15 bits per heavy atom. The van der Waals surface area contributed by atoms with Crippen LogP contribution in [0, 0.1) is 5.92 Å². The molecule has 0 spiro atoms. The topological polar surface area (TPSA) is 113 Å². The van der Waals surface area contributed by atoms with E-state index in [0.29, 0.717) is 12.2 Å². The third-order valence-electron chi connectivity index (χ3n) is 4.71. The van der Waals surface area contributed by atoms with E-state index in [-0.39, 0.29) is 23.7 Å². The molecule has 1 aliphatic carbocycles. The fourth-order valence-electron chi connectivity index (χ4n) is 3.16. The Bertz CT molecular complexity index is 938. The molecule has 0 saturated heterocycles. The maximum atomic E-state index is 12.3. The van der Waals surface area contributed by atoms with Crippen molar-refractivity contribution >= 4 is 28.7 Å². The number of nitrogens with one attached hydrogen (secondary N) is 3. The van der Waals surface area contributed by atoms with Crippen LogP contribution in [-0.2, 0) is 9.59 Å². The molecular formula is C19H20N6O2. The van der Waals surface area contributed by atoms with Gasteiger partial charge in [0.05, 0.1) is 17.2 Å². The van der Waals surface area contributed by atoms with Gasteiger partial charge < -0.3 is 15.6 Å². The highest BCUT2D eigenvalue weighted by molar-refractivity contribution is 5.96. The first kappa shape index (κ1) is 17.1. The van der Waals surface area contributed by atoms with E-state index in [1.807, 2.05) is 24.3 Å². The minimum Gasteiger partial charge on any atom is -0.345 e. The summed E-state index contributed by atoms with van der Waals surface area (Å²) in [6.45, 7) is 1.65. The predicted octanol–water partition coefficient (Wildman–Crippen LogP) is 1.99. The monoisotopic (exact) mass is 364 g/mol. The summed E-state index contributed by atoms with van der Waals surface area (Å²) in [5, 5.41) is 5.36. The lowest BCUT2D eigenvalue weighted by atomic mass is 10.2. The Labute approximate surface area is 155 Å². The molecule has 1 fully saturated rings. The number of aromatic nitrogens is 4. The van der Waals surface area contributed by atoms with Crippen molar-refractivity contribution in [1.29, 1.82) is 0 Å². The molecule has 138 valence electrons. The molecule has 27 heavy (non-hydrogen) atoms. The maximum absolute atomic E-state index is 12.3. The fraction of sp³-hybridized carbons (Fsp3) is 0.316. The van der Waals surface area contributed by atoms with E-state index in [0.717, 1.165) is 23.3 Å².